The highest BCUT2D eigenvalue weighted by Gasteiger charge is 2.20. The SMILES string of the molecule is C=CCCN1CCC(Oc2ncc(CC)cn2)CC1. The largest absolute Gasteiger partial charge is 0.460 e. The summed E-state index contributed by atoms with van der Waals surface area (Å²) in [5.74, 6) is 0. The monoisotopic (exact) mass is 261 g/mol. The maximum absolute atomic E-state index is 5.84. The maximum Gasteiger partial charge on any atom is 0.316 e. The Morgan fingerprint density at radius 2 is 2.05 bits per heavy atom. The summed E-state index contributed by atoms with van der Waals surface area (Å²) in [6.07, 6.45) is 10.1. The zero-order chi connectivity index (χ0) is 13.5. The predicted molar refractivity (Wildman–Crippen MR) is 76.3 cm³/mol. The quantitative estimate of drug-likeness (QED) is 0.737. The Balaban J connectivity index is 1.76. The van der Waals surface area contributed by atoms with Gasteiger partial charge >= 0.3 is 6.01 Å². The molecule has 0 atom stereocenters. The van der Waals surface area contributed by atoms with E-state index in [1.54, 1.807) is 0 Å². The second kappa shape index (κ2) is 7.24. The molecule has 2 rings (SSSR count). The van der Waals surface area contributed by atoms with E-state index in [4.69, 9.17) is 4.74 Å². The van der Waals surface area contributed by atoms with Gasteiger partial charge in [0.25, 0.3) is 0 Å². The molecule has 1 fully saturated rings. The average Bonchev–Trinajstić information content (AvgIpc) is 2.47. The first-order valence-corrected chi connectivity index (χ1v) is 7.12. The van der Waals surface area contributed by atoms with Gasteiger partial charge in [-0.2, -0.15) is 0 Å². The molecule has 2 heterocycles. The first kappa shape index (κ1) is 14.0. The van der Waals surface area contributed by atoms with E-state index in [1.165, 1.54) is 0 Å². The molecular weight excluding hydrogens is 238 g/mol. The van der Waals surface area contributed by atoms with Crippen LogP contribution in [0.4, 0.5) is 0 Å². The Hall–Kier alpha value is -1.42. The third-order valence-electron chi connectivity index (χ3n) is 3.55. The van der Waals surface area contributed by atoms with Gasteiger partial charge in [-0.3, -0.25) is 0 Å². The third kappa shape index (κ3) is 4.31. The van der Waals surface area contributed by atoms with E-state index in [2.05, 4.69) is 28.4 Å². The molecule has 0 radical (unpaired) electrons. The van der Waals surface area contributed by atoms with Crippen LogP contribution in [0.15, 0.2) is 25.0 Å². The molecule has 1 aromatic heterocycles. The van der Waals surface area contributed by atoms with Gasteiger partial charge in [-0.15, -0.1) is 6.58 Å². The van der Waals surface area contributed by atoms with Crippen LogP contribution in [0.1, 0.15) is 31.7 Å². The number of ether oxygens (including phenoxy) is 1. The summed E-state index contributed by atoms with van der Waals surface area (Å²) < 4.78 is 5.84. The Bertz CT molecular complexity index is 383. The van der Waals surface area contributed by atoms with Crippen molar-refractivity contribution >= 4 is 0 Å². The van der Waals surface area contributed by atoms with Crippen molar-refractivity contribution in [2.24, 2.45) is 0 Å². The lowest BCUT2D eigenvalue weighted by Crippen LogP contribution is -2.38. The lowest BCUT2D eigenvalue weighted by molar-refractivity contribution is 0.0936. The topological polar surface area (TPSA) is 38.2 Å². The smallest absolute Gasteiger partial charge is 0.316 e. The van der Waals surface area contributed by atoms with Crippen molar-refractivity contribution < 1.29 is 4.74 Å². The van der Waals surface area contributed by atoms with E-state index in [-0.39, 0.29) is 6.10 Å². The van der Waals surface area contributed by atoms with Gasteiger partial charge in [0.1, 0.15) is 6.10 Å². The molecule has 0 spiro atoms. The zero-order valence-electron chi connectivity index (χ0n) is 11.7. The van der Waals surface area contributed by atoms with Crippen molar-refractivity contribution in [1.82, 2.24) is 14.9 Å². The normalized spacial score (nSPS) is 17.3. The van der Waals surface area contributed by atoms with Crippen LogP contribution in [0.3, 0.4) is 0 Å². The van der Waals surface area contributed by atoms with E-state index < -0.39 is 0 Å². The molecule has 104 valence electrons. The molecule has 0 aromatic carbocycles. The Morgan fingerprint density at radius 3 is 2.63 bits per heavy atom. The number of nitrogens with zero attached hydrogens (tertiary/aromatic N) is 3. The van der Waals surface area contributed by atoms with Crippen LogP contribution in [0.25, 0.3) is 0 Å². The van der Waals surface area contributed by atoms with Crippen LogP contribution in [0.2, 0.25) is 0 Å². The van der Waals surface area contributed by atoms with Crippen LogP contribution in [-0.4, -0.2) is 40.6 Å². The van der Waals surface area contributed by atoms with E-state index in [0.29, 0.717) is 6.01 Å². The number of aromatic nitrogens is 2. The fourth-order valence-electron chi connectivity index (χ4n) is 2.26. The minimum atomic E-state index is 0.257. The highest BCUT2D eigenvalue weighted by molar-refractivity contribution is 5.07. The molecular formula is C15H23N3O. The van der Waals surface area contributed by atoms with E-state index in [1.807, 2.05) is 18.5 Å². The van der Waals surface area contributed by atoms with Crippen molar-refractivity contribution in [3.63, 3.8) is 0 Å². The fraction of sp³-hybridized carbons (Fsp3) is 0.600. The number of hydrogen-bond donors (Lipinski definition) is 0. The molecule has 4 heteroatoms. The standard InChI is InChI=1S/C15H23N3O/c1-3-5-8-18-9-6-14(7-10-18)19-15-16-11-13(4-2)12-17-15/h3,11-12,14H,1,4-10H2,2H3. The summed E-state index contributed by atoms with van der Waals surface area (Å²) in [5, 5.41) is 0. The highest BCUT2D eigenvalue weighted by atomic mass is 16.5. The number of aryl methyl sites for hydroxylation is 1. The van der Waals surface area contributed by atoms with Gasteiger partial charge in [0.15, 0.2) is 0 Å². The molecule has 0 amide bonds. The molecule has 0 bridgehead atoms. The van der Waals surface area contributed by atoms with Gasteiger partial charge in [-0.1, -0.05) is 13.0 Å². The summed E-state index contributed by atoms with van der Waals surface area (Å²) in [4.78, 5) is 11.0. The van der Waals surface area contributed by atoms with E-state index in [0.717, 1.165) is 50.9 Å². The van der Waals surface area contributed by atoms with Gasteiger partial charge in [0.05, 0.1) is 0 Å². The van der Waals surface area contributed by atoms with Gasteiger partial charge in [-0.05, 0) is 31.2 Å². The van der Waals surface area contributed by atoms with Crippen LogP contribution in [0, 0.1) is 0 Å². The van der Waals surface area contributed by atoms with Crippen LogP contribution in [0.5, 0.6) is 6.01 Å². The molecule has 0 unspecified atom stereocenters. The molecule has 0 N–H and O–H groups in total. The predicted octanol–water partition coefficient (Wildman–Crippen LogP) is 2.46. The molecule has 4 nitrogen and oxygen atoms in total. The Morgan fingerprint density at radius 1 is 1.37 bits per heavy atom. The van der Waals surface area contributed by atoms with Crippen molar-refractivity contribution in [2.45, 2.75) is 38.7 Å². The molecule has 0 aliphatic carbocycles. The highest BCUT2D eigenvalue weighted by Crippen LogP contribution is 2.16. The Kier molecular flexibility index (Phi) is 5.33. The van der Waals surface area contributed by atoms with Crippen molar-refractivity contribution in [3.8, 4) is 6.01 Å². The van der Waals surface area contributed by atoms with Crippen LogP contribution >= 0.6 is 0 Å². The van der Waals surface area contributed by atoms with E-state index in [9.17, 15) is 0 Å². The van der Waals surface area contributed by atoms with Crippen molar-refractivity contribution in [2.75, 3.05) is 19.6 Å². The second-order valence-electron chi connectivity index (χ2n) is 4.96. The maximum atomic E-state index is 5.84. The summed E-state index contributed by atoms with van der Waals surface area (Å²) in [6.45, 7) is 9.14. The summed E-state index contributed by atoms with van der Waals surface area (Å²) in [7, 11) is 0. The molecule has 19 heavy (non-hydrogen) atoms. The third-order valence-corrected chi connectivity index (χ3v) is 3.55. The minimum Gasteiger partial charge on any atom is -0.460 e. The van der Waals surface area contributed by atoms with Gasteiger partial charge < -0.3 is 9.64 Å². The number of rotatable bonds is 6. The van der Waals surface area contributed by atoms with Gasteiger partial charge in [-0.25, -0.2) is 9.97 Å². The molecule has 1 aliphatic rings. The number of likely N-dealkylation sites (tertiary alicyclic amines) is 1. The summed E-state index contributed by atoms with van der Waals surface area (Å²) in [6, 6.07) is 0.516. The summed E-state index contributed by atoms with van der Waals surface area (Å²) in [5.41, 5.74) is 1.14. The van der Waals surface area contributed by atoms with Crippen molar-refractivity contribution in [1.29, 1.82) is 0 Å². The Labute approximate surface area is 115 Å². The van der Waals surface area contributed by atoms with Crippen LogP contribution < -0.4 is 4.74 Å². The zero-order valence-corrected chi connectivity index (χ0v) is 11.7. The van der Waals surface area contributed by atoms with Gasteiger partial charge in [0, 0.05) is 32.0 Å². The molecule has 1 aliphatic heterocycles. The van der Waals surface area contributed by atoms with Gasteiger partial charge in [0.2, 0.25) is 0 Å². The second-order valence-corrected chi connectivity index (χ2v) is 4.96. The van der Waals surface area contributed by atoms with Crippen molar-refractivity contribution in [3.05, 3.63) is 30.6 Å². The first-order chi connectivity index (χ1) is 9.31. The first-order valence-electron chi connectivity index (χ1n) is 7.12. The molecule has 0 saturated carbocycles. The lowest BCUT2D eigenvalue weighted by atomic mass is 10.1. The summed E-state index contributed by atoms with van der Waals surface area (Å²) >= 11 is 0. The number of piperidine rings is 1. The average molecular weight is 261 g/mol. The number of hydrogen-bond acceptors (Lipinski definition) is 4. The molecule has 1 aromatic rings. The minimum absolute atomic E-state index is 0.257. The van der Waals surface area contributed by atoms with E-state index >= 15 is 0 Å². The lowest BCUT2D eigenvalue weighted by Gasteiger charge is -2.31. The molecule has 1 saturated heterocycles. The van der Waals surface area contributed by atoms with Crippen LogP contribution in [-0.2, 0) is 6.42 Å². The fourth-order valence-corrected chi connectivity index (χ4v) is 2.26.